The van der Waals surface area contributed by atoms with Gasteiger partial charge in [-0.2, -0.15) is 0 Å². The number of aromatic nitrogens is 2. The highest BCUT2D eigenvalue weighted by Gasteiger charge is 2.21. The van der Waals surface area contributed by atoms with Crippen LogP contribution in [0.5, 0.6) is 0 Å². The zero-order valence-electron chi connectivity index (χ0n) is 20.3. The van der Waals surface area contributed by atoms with E-state index in [0.29, 0.717) is 0 Å². The first-order valence-electron chi connectivity index (χ1n) is 12.8. The minimum Gasteiger partial charge on any atom is -0.299 e. The molecule has 0 bridgehead atoms. The van der Waals surface area contributed by atoms with Gasteiger partial charge in [0.1, 0.15) is 5.65 Å². The number of fused-ring (bicyclic) bond motifs is 1. The summed E-state index contributed by atoms with van der Waals surface area (Å²) < 4.78 is 2.15. The number of carbonyl (C=O) groups excluding carboxylic acids is 1. The average Bonchev–Trinajstić information content (AvgIpc) is 3.36. The molecule has 0 atom stereocenters. The molecule has 0 spiro atoms. The Balaban J connectivity index is 1.32. The highest BCUT2D eigenvalue weighted by molar-refractivity contribution is 5.94. The van der Waals surface area contributed by atoms with Gasteiger partial charge in [0, 0.05) is 24.4 Å². The fraction of sp³-hybridized carbons (Fsp3) is 0.355. The monoisotopic (exact) mass is 450 g/mol. The van der Waals surface area contributed by atoms with Crippen LogP contribution in [0.1, 0.15) is 85.3 Å². The largest absolute Gasteiger partial charge is 0.299 e. The molecule has 4 aromatic rings. The molecule has 1 aliphatic rings. The number of nitrogens with zero attached hydrogens (tertiary/aromatic N) is 2. The van der Waals surface area contributed by atoms with Gasteiger partial charge >= 0.3 is 0 Å². The van der Waals surface area contributed by atoms with Crippen LogP contribution < -0.4 is 0 Å². The third kappa shape index (κ3) is 4.70. The normalized spacial score (nSPS) is 18.3. The number of hydrogen-bond acceptors (Lipinski definition) is 2. The van der Waals surface area contributed by atoms with Crippen LogP contribution in [-0.2, 0) is 6.42 Å². The summed E-state index contributed by atoms with van der Waals surface area (Å²) in [7, 11) is 0. The molecule has 2 heterocycles. The van der Waals surface area contributed by atoms with Crippen LogP contribution in [0.4, 0.5) is 0 Å². The molecule has 174 valence electrons. The zero-order chi connectivity index (χ0) is 23.5. The van der Waals surface area contributed by atoms with Crippen LogP contribution in [0, 0.1) is 5.92 Å². The Hall–Kier alpha value is -3.20. The van der Waals surface area contributed by atoms with E-state index in [1.165, 1.54) is 55.2 Å². The SMILES string of the molecule is CCCC1CCC(c2ccc(Cc3ccc(-c4ccc(C(C)=O)cc4)n4ccnc34)cc2)CC1. The molecule has 34 heavy (non-hydrogen) atoms. The second kappa shape index (κ2) is 9.97. The number of Topliss-reactive ketones (excluding diaryl/α,β-unsaturated/α-hetero) is 1. The molecular weight excluding hydrogens is 416 g/mol. The summed E-state index contributed by atoms with van der Waals surface area (Å²) in [5.74, 6) is 1.77. The van der Waals surface area contributed by atoms with Gasteiger partial charge in [0.25, 0.3) is 0 Å². The van der Waals surface area contributed by atoms with Gasteiger partial charge in [0.15, 0.2) is 5.78 Å². The standard InChI is InChI=1S/C31H34N2O/c1-3-4-23-5-9-26(10-6-23)27-11-7-24(8-12-27)21-29-17-18-30(33-20-19-32-31(29)33)28-15-13-25(14-16-28)22(2)34/h7-8,11-20,23,26H,3-6,9-10,21H2,1-2H3. The molecule has 0 radical (unpaired) electrons. The fourth-order valence-electron chi connectivity index (χ4n) is 5.64. The van der Waals surface area contributed by atoms with Crippen molar-refractivity contribution in [2.45, 2.75) is 64.7 Å². The topological polar surface area (TPSA) is 34.4 Å². The van der Waals surface area contributed by atoms with Gasteiger partial charge in [-0.15, -0.1) is 0 Å². The van der Waals surface area contributed by atoms with Gasteiger partial charge < -0.3 is 0 Å². The summed E-state index contributed by atoms with van der Waals surface area (Å²) in [4.78, 5) is 16.3. The predicted octanol–water partition coefficient (Wildman–Crippen LogP) is 7.87. The van der Waals surface area contributed by atoms with E-state index in [-0.39, 0.29) is 5.78 Å². The van der Waals surface area contributed by atoms with Gasteiger partial charge in [-0.05, 0) is 72.8 Å². The summed E-state index contributed by atoms with van der Waals surface area (Å²) in [6.45, 7) is 3.91. The van der Waals surface area contributed by atoms with Crippen LogP contribution in [0.2, 0.25) is 0 Å². The first-order valence-corrected chi connectivity index (χ1v) is 12.8. The number of ketones is 1. The molecule has 1 saturated carbocycles. The summed E-state index contributed by atoms with van der Waals surface area (Å²) >= 11 is 0. The molecule has 0 saturated heterocycles. The van der Waals surface area contributed by atoms with Gasteiger partial charge in [0.05, 0.1) is 5.69 Å². The van der Waals surface area contributed by atoms with Gasteiger partial charge in [-0.25, -0.2) is 4.98 Å². The van der Waals surface area contributed by atoms with Gasteiger partial charge in [0.2, 0.25) is 0 Å². The highest BCUT2D eigenvalue weighted by Crippen LogP contribution is 2.37. The smallest absolute Gasteiger partial charge is 0.159 e. The minimum atomic E-state index is 0.0878. The molecule has 0 aliphatic heterocycles. The summed E-state index contributed by atoms with van der Waals surface area (Å²) in [5.41, 5.74) is 7.95. The Morgan fingerprint density at radius 1 is 0.941 bits per heavy atom. The summed E-state index contributed by atoms with van der Waals surface area (Å²) in [6, 6.07) is 21.5. The number of hydrogen-bond donors (Lipinski definition) is 0. The average molecular weight is 451 g/mol. The Morgan fingerprint density at radius 3 is 2.35 bits per heavy atom. The Kier molecular flexibility index (Phi) is 6.62. The van der Waals surface area contributed by atoms with Crippen molar-refractivity contribution in [2.24, 2.45) is 5.92 Å². The Labute approximate surface area is 202 Å². The highest BCUT2D eigenvalue weighted by atomic mass is 16.1. The van der Waals surface area contributed by atoms with Crippen LogP contribution in [-0.4, -0.2) is 15.2 Å². The van der Waals surface area contributed by atoms with Crippen molar-refractivity contribution in [3.63, 3.8) is 0 Å². The van der Waals surface area contributed by atoms with Crippen molar-refractivity contribution in [1.82, 2.24) is 9.38 Å². The number of rotatable bonds is 7. The maximum Gasteiger partial charge on any atom is 0.159 e. The zero-order valence-corrected chi connectivity index (χ0v) is 20.3. The van der Waals surface area contributed by atoms with E-state index < -0.39 is 0 Å². The first-order chi connectivity index (χ1) is 16.6. The lowest BCUT2D eigenvalue weighted by molar-refractivity contribution is 0.101. The van der Waals surface area contributed by atoms with Crippen molar-refractivity contribution >= 4 is 11.4 Å². The minimum absolute atomic E-state index is 0.0878. The van der Waals surface area contributed by atoms with E-state index in [2.05, 4.69) is 52.7 Å². The second-order valence-corrected chi connectivity index (χ2v) is 9.92. The molecule has 3 nitrogen and oxygen atoms in total. The number of benzene rings is 2. The van der Waals surface area contributed by atoms with E-state index in [4.69, 9.17) is 0 Å². The van der Waals surface area contributed by atoms with E-state index in [1.807, 2.05) is 36.7 Å². The number of imidazole rings is 1. The first kappa shape index (κ1) is 22.6. The third-order valence-electron chi connectivity index (χ3n) is 7.61. The van der Waals surface area contributed by atoms with Crippen molar-refractivity contribution in [3.05, 3.63) is 95.3 Å². The Bertz CT molecular complexity index is 1260. The van der Waals surface area contributed by atoms with E-state index in [0.717, 1.165) is 40.7 Å². The van der Waals surface area contributed by atoms with Crippen molar-refractivity contribution < 1.29 is 4.79 Å². The van der Waals surface area contributed by atoms with Gasteiger partial charge in [-0.3, -0.25) is 9.20 Å². The van der Waals surface area contributed by atoms with E-state index in [1.54, 1.807) is 6.92 Å². The maximum absolute atomic E-state index is 11.6. The van der Waals surface area contributed by atoms with Crippen LogP contribution in [0.3, 0.4) is 0 Å². The predicted molar refractivity (Wildman–Crippen MR) is 139 cm³/mol. The Morgan fingerprint density at radius 2 is 1.68 bits per heavy atom. The second-order valence-electron chi connectivity index (χ2n) is 9.92. The molecule has 2 aromatic carbocycles. The molecule has 5 rings (SSSR count). The number of carbonyl (C=O) groups is 1. The molecular formula is C31H34N2O. The maximum atomic E-state index is 11.6. The third-order valence-corrected chi connectivity index (χ3v) is 7.61. The lowest BCUT2D eigenvalue weighted by Crippen LogP contribution is -2.13. The fourth-order valence-corrected chi connectivity index (χ4v) is 5.64. The molecule has 2 aromatic heterocycles. The van der Waals surface area contributed by atoms with Crippen molar-refractivity contribution in [1.29, 1.82) is 0 Å². The van der Waals surface area contributed by atoms with Crippen LogP contribution in [0.25, 0.3) is 16.9 Å². The molecule has 3 heteroatoms. The quantitative estimate of drug-likeness (QED) is 0.268. The van der Waals surface area contributed by atoms with E-state index in [9.17, 15) is 4.79 Å². The molecule has 1 fully saturated rings. The van der Waals surface area contributed by atoms with Crippen LogP contribution >= 0.6 is 0 Å². The molecule has 0 unspecified atom stereocenters. The molecule has 1 aliphatic carbocycles. The molecule has 0 N–H and O–H groups in total. The number of pyridine rings is 1. The van der Waals surface area contributed by atoms with Crippen molar-refractivity contribution in [2.75, 3.05) is 0 Å². The lowest BCUT2D eigenvalue weighted by atomic mass is 9.77. The van der Waals surface area contributed by atoms with Crippen molar-refractivity contribution in [3.8, 4) is 11.3 Å². The lowest BCUT2D eigenvalue weighted by Gasteiger charge is -2.28. The van der Waals surface area contributed by atoms with Gasteiger partial charge in [-0.1, -0.05) is 74.4 Å². The summed E-state index contributed by atoms with van der Waals surface area (Å²) in [6.07, 6.45) is 12.9. The summed E-state index contributed by atoms with van der Waals surface area (Å²) in [5, 5.41) is 0. The van der Waals surface area contributed by atoms with Crippen LogP contribution in [0.15, 0.2) is 73.1 Å². The molecule has 0 amide bonds. The van der Waals surface area contributed by atoms with E-state index >= 15 is 0 Å².